The number of rotatable bonds is 7. The molecule has 0 aromatic heterocycles. The van der Waals surface area contributed by atoms with Crippen molar-refractivity contribution in [2.75, 3.05) is 21.3 Å². The van der Waals surface area contributed by atoms with Crippen LogP contribution in [0.2, 0.25) is 0 Å². The molecule has 0 heterocycles. The van der Waals surface area contributed by atoms with Gasteiger partial charge in [0.1, 0.15) is 0 Å². The van der Waals surface area contributed by atoms with Gasteiger partial charge in [-0.25, -0.2) is 0 Å². The van der Waals surface area contributed by atoms with Crippen molar-refractivity contribution >= 4 is 5.91 Å². The number of carbonyl (C=O) groups is 1. The molecule has 2 saturated carbocycles. The van der Waals surface area contributed by atoms with Crippen LogP contribution in [0.1, 0.15) is 38.2 Å². The number of methoxy groups -OCH3 is 3. The first-order valence-electron chi connectivity index (χ1n) is 9.14. The van der Waals surface area contributed by atoms with Crippen LogP contribution in [0.15, 0.2) is 12.1 Å². The van der Waals surface area contributed by atoms with E-state index in [0.29, 0.717) is 29.6 Å². The summed E-state index contributed by atoms with van der Waals surface area (Å²) in [6.07, 6.45) is 5.66. The maximum Gasteiger partial charge on any atom is 0.224 e. The molecule has 5 nitrogen and oxygen atoms in total. The van der Waals surface area contributed by atoms with E-state index in [0.717, 1.165) is 17.4 Å². The lowest BCUT2D eigenvalue weighted by Gasteiger charge is -2.28. The zero-order valence-corrected chi connectivity index (χ0v) is 15.6. The van der Waals surface area contributed by atoms with Gasteiger partial charge in [0.25, 0.3) is 0 Å². The van der Waals surface area contributed by atoms with Crippen molar-refractivity contribution in [3.63, 3.8) is 0 Å². The first-order chi connectivity index (χ1) is 12.0. The van der Waals surface area contributed by atoms with E-state index in [1.165, 1.54) is 25.7 Å². The molecule has 2 fully saturated rings. The van der Waals surface area contributed by atoms with Crippen molar-refractivity contribution in [2.45, 2.75) is 45.1 Å². The molecule has 1 aromatic rings. The molecule has 1 N–H and O–H groups in total. The SMILES string of the molecule is COc1cc(CC(=O)NC(C)C2CC3CCC2C3)cc(OC)c1OC. The van der Waals surface area contributed by atoms with Gasteiger partial charge >= 0.3 is 0 Å². The molecule has 3 rings (SSSR count). The fourth-order valence-electron chi connectivity index (χ4n) is 4.74. The highest BCUT2D eigenvalue weighted by Gasteiger charge is 2.42. The molecule has 1 aromatic carbocycles. The predicted octanol–water partition coefficient (Wildman–Crippen LogP) is 3.20. The molecule has 1 amide bonds. The topological polar surface area (TPSA) is 56.8 Å². The zero-order valence-electron chi connectivity index (χ0n) is 15.6. The second-order valence-corrected chi connectivity index (χ2v) is 7.41. The van der Waals surface area contributed by atoms with Gasteiger partial charge in [-0.3, -0.25) is 4.79 Å². The largest absolute Gasteiger partial charge is 0.493 e. The molecular formula is C20H29NO4. The second-order valence-electron chi connectivity index (χ2n) is 7.41. The Morgan fingerprint density at radius 1 is 1.12 bits per heavy atom. The van der Waals surface area contributed by atoms with E-state index in [1.54, 1.807) is 21.3 Å². The van der Waals surface area contributed by atoms with Crippen LogP contribution in [-0.2, 0) is 11.2 Å². The Morgan fingerprint density at radius 2 is 1.80 bits per heavy atom. The summed E-state index contributed by atoms with van der Waals surface area (Å²) in [7, 11) is 4.74. The van der Waals surface area contributed by atoms with Crippen LogP contribution < -0.4 is 19.5 Å². The summed E-state index contributed by atoms with van der Waals surface area (Å²) >= 11 is 0. The number of hydrogen-bond donors (Lipinski definition) is 1. The molecule has 25 heavy (non-hydrogen) atoms. The van der Waals surface area contributed by atoms with Gasteiger partial charge in [-0.2, -0.15) is 0 Å². The van der Waals surface area contributed by atoms with Crippen molar-refractivity contribution in [1.29, 1.82) is 0 Å². The van der Waals surface area contributed by atoms with Gasteiger partial charge in [-0.05, 0) is 61.6 Å². The molecule has 2 aliphatic carbocycles. The Balaban J connectivity index is 1.64. The Morgan fingerprint density at radius 3 is 2.28 bits per heavy atom. The van der Waals surface area contributed by atoms with Gasteiger partial charge in [-0.1, -0.05) is 6.42 Å². The maximum atomic E-state index is 12.5. The van der Waals surface area contributed by atoms with Crippen molar-refractivity contribution < 1.29 is 19.0 Å². The van der Waals surface area contributed by atoms with Crippen LogP contribution in [0.25, 0.3) is 0 Å². The van der Waals surface area contributed by atoms with E-state index in [1.807, 2.05) is 12.1 Å². The fourth-order valence-corrected chi connectivity index (χ4v) is 4.74. The van der Waals surface area contributed by atoms with Gasteiger partial charge in [0.05, 0.1) is 27.8 Å². The van der Waals surface area contributed by atoms with E-state index in [4.69, 9.17) is 14.2 Å². The molecule has 4 unspecified atom stereocenters. The van der Waals surface area contributed by atoms with Crippen molar-refractivity contribution in [1.82, 2.24) is 5.32 Å². The summed E-state index contributed by atoms with van der Waals surface area (Å²) in [4.78, 5) is 12.5. The third-order valence-electron chi connectivity index (χ3n) is 5.91. The first kappa shape index (κ1) is 17.9. The van der Waals surface area contributed by atoms with Crippen LogP contribution in [0.4, 0.5) is 0 Å². The molecule has 0 aliphatic heterocycles. The standard InChI is InChI=1S/C20H29NO4/c1-12(16-8-13-5-6-15(16)7-13)21-19(22)11-14-9-17(23-2)20(25-4)18(10-14)24-3/h9-10,12-13,15-16H,5-8,11H2,1-4H3,(H,21,22). The van der Waals surface area contributed by atoms with E-state index in [9.17, 15) is 4.79 Å². The highest BCUT2D eigenvalue weighted by molar-refractivity contribution is 5.79. The lowest BCUT2D eigenvalue weighted by molar-refractivity contribution is -0.121. The number of nitrogens with one attached hydrogen (secondary N) is 1. The zero-order chi connectivity index (χ0) is 18.0. The number of amides is 1. The summed E-state index contributed by atoms with van der Waals surface area (Å²) in [5.74, 6) is 4.08. The Bertz CT molecular complexity index is 605. The van der Waals surface area contributed by atoms with Gasteiger partial charge < -0.3 is 19.5 Å². The number of hydrogen-bond acceptors (Lipinski definition) is 4. The van der Waals surface area contributed by atoms with E-state index >= 15 is 0 Å². The van der Waals surface area contributed by atoms with Gasteiger partial charge in [0.15, 0.2) is 11.5 Å². The van der Waals surface area contributed by atoms with E-state index < -0.39 is 0 Å². The van der Waals surface area contributed by atoms with Crippen molar-refractivity contribution in [3.05, 3.63) is 17.7 Å². The maximum absolute atomic E-state index is 12.5. The molecule has 5 heteroatoms. The summed E-state index contributed by atoms with van der Waals surface area (Å²) in [5.41, 5.74) is 0.854. The number of fused-ring (bicyclic) bond motifs is 2. The van der Waals surface area contributed by atoms with Gasteiger partial charge in [0.2, 0.25) is 11.7 Å². The molecule has 0 spiro atoms. The minimum atomic E-state index is 0.0459. The second kappa shape index (κ2) is 7.54. The average molecular weight is 347 g/mol. The highest BCUT2D eigenvalue weighted by atomic mass is 16.5. The molecule has 4 atom stereocenters. The Labute approximate surface area is 150 Å². The molecule has 0 saturated heterocycles. The smallest absolute Gasteiger partial charge is 0.224 e. The molecular weight excluding hydrogens is 318 g/mol. The highest BCUT2D eigenvalue weighted by Crippen LogP contribution is 2.49. The minimum absolute atomic E-state index is 0.0459. The fraction of sp³-hybridized carbons (Fsp3) is 0.650. The number of ether oxygens (including phenoxy) is 3. The van der Waals surface area contributed by atoms with Crippen LogP contribution >= 0.6 is 0 Å². The van der Waals surface area contributed by atoms with Crippen LogP contribution in [0, 0.1) is 17.8 Å². The summed E-state index contributed by atoms with van der Waals surface area (Å²) in [6.45, 7) is 2.15. The summed E-state index contributed by atoms with van der Waals surface area (Å²) in [6, 6.07) is 3.91. The van der Waals surface area contributed by atoms with Gasteiger partial charge in [-0.15, -0.1) is 0 Å². The molecule has 138 valence electrons. The summed E-state index contributed by atoms with van der Waals surface area (Å²) < 4.78 is 16.0. The van der Waals surface area contributed by atoms with Crippen LogP contribution in [-0.4, -0.2) is 33.3 Å². The predicted molar refractivity (Wildman–Crippen MR) is 96.3 cm³/mol. The van der Waals surface area contributed by atoms with Crippen LogP contribution in [0.5, 0.6) is 17.2 Å². The average Bonchev–Trinajstić information content (AvgIpc) is 3.23. The normalized spacial score (nSPS) is 25.5. The van der Waals surface area contributed by atoms with Gasteiger partial charge in [0, 0.05) is 6.04 Å². The number of benzene rings is 1. The quantitative estimate of drug-likeness (QED) is 0.823. The lowest BCUT2D eigenvalue weighted by Crippen LogP contribution is -2.40. The van der Waals surface area contributed by atoms with Crippen molar-refractivity contribution in [2.24, 2.45) is 17.8 Å². The molecule has 2 aliphatic rings. The van der Waals surface area contributed by atoms with Crippen LogP contribution in [0.3, 0.4) is 0 Å². The summed E-state index contributed by atoms with van der Waals surface area (Å²) in [5, 5.41) is 3.21. The van der Waals surface area contributed by atoms with Crippen molar-refractivity contribution in [3.8, 4) is 17.2 Å². The Kier molecular flexibility index (Phi) is 5.40. The van der Waals surface area contributed by atoms with E-state index in [2.05, 4.69) is 12.2 Å². The third-order valence-corrected chi connectivity index (χ3v) is 5.91. The number of carbonyl (C=O) groups excluding carboxylic acids is 1. The first-order valence-corrected chi connectivity index (χ1v) is 9.14. The monoisotopic (exact) mass is 347 g/mol. The molecule has 2 bridgehead atoms. The van der Waals surface area contributed by atoms with E-state index in [-0.39, 0.29) is 11.9 Å². The molecule has 0 radical (unpaired) electrons. The Hall–Kier alpha value is -1.91. The lowest BCUT2D eigenvalue weighted by atomic mass is 9.84. The minimum Gasteiger partial charge on any atom is -0.493 e. The third kappa shape index (κ3) is 3.70.